The summed E-state index contributed by atoms with van der Waals surface area (Å²) in [5.41, 5.74) is -0.260. The zero-order valence-electron chi connectivity index (χ0n) is 22.6. The van der Waals surface area contributed by atoms with Gasteiger partial charge in [-0.3, -0.25) is 14.4 Å². The van der Waals surface area contributed by atoms with Crippen LogP contribution in [-0.4, -0.2) is 54.2 Å². The Kier molecular flexibility index (Phi) is 8.62. The van der Waals surface area contributed by atoms with E-state index in [1.807, 2.05) is 0 Å². The smallest absolute Gasteiger partial charge is 0.406 e. The van der Waals surface area contributed by atoms with Crippen LogP contribution in [0.5, 0.6) is 5.75 Å². The lowest BCUT2D eigenvalue weighted by Gasteiger charge is -2.30. The Bertz CT molecular complexity index is 1500. The minimum atomic E-state index is -4.84. The number of nitrogens with one attached hydrogen (secondary N) is 2. The first-order valence-electron chi connectivity index (χ1n) is 12.6. The van der Waals surface area contributed by atoms with Crippen LogP contribution in [0.2, 0.25) is 5.15 Å². The van der Waals surface area contributed by atoms with E-state index < -0.39 is 47.2 Å². The molecule has 0 spiro atoms. The maximum Gasteiger partial charge on any atom is 0.573 e. The third-order valence-corrected chi connectivity index (χ3v) is 6.66. The van der Waals surface area contributed by atoms with Crippen molar-refractivity contribution in [3.05, 3.63) is 82.9 Å². The Morgan fingerprint density at radius 2 is 1.76 bits per heavy atom. The molecule has 2 aromatic carbocycles. The third-order valence-electron chi connectivity index (χ3n) is 6.45. The molecule has 14 heteroatoms. The van der Waals surface area contributed by atoms with Crippen molar-refractivity contribution in [2.75, 3.05) is 23.4 Å². The predicted octanol–water partition coefficient (Wildman–Crippen LogP) is 4.45. The predicted molar refractivity (Wildman–Crippen MR) is 147 cm³/mol. The van der Waals surface area contributed by atoms with Crippen LogP contribution in [0.4, 0.5) is 28.9 Å². The minimum Gasteiger partial charge on any atom is -0.406 e. The zero-order chi connectivity index (χ0) is 30.8. The summed E-state index contributed by atoms with van der Waals surface area (Å²) in [5.74, 6) is -2.89. The van der Waals surface area contributed by atoms with Gasteiger partial charge in [0.2, 0.25) is 5.91 Å². The van der Waals surface area contributed by atoms with Crippen molar-refractivity contribution in [2.45, 2.75) is 38.3 Å². The number of alkyl halides is 3. The topological polar surface area (TPSA) is 104 Å². The van der Waals surface area contributed by atoms with Crippen molar-refractivity contribution in [1.29, 1.82) is 0 Å². The lowest BCUT2D eigenvalue weighted by Crippen LogP contribution is -2.60. The quantitative estimate of drug-likeness (QED) is 0.304. The maximum absolute atomic E-state index is 14.2. The minimum absolute atomic E-state index is 0.0102. The normalized spacial score (nSPS) is 15.5. The lowest BCUT2D eigenvalue weighted by atomic mass is 10.0. The van der Waals surface area contributed by atoms with Gasteiger partial charge in [0.05, 0.1) is 11.4 Å². The van der Waals surface area contributed by atoms with Crippen LogP contribution in [0.3, 0.4) is 0 Å². The molecule has 42 heavy (non-hydrogen) atoms. The third kappa shape index (κ3) is 7.27. The van der Waals surface area contributed by atoms with Crippen LogP contribution in [-0.2, 0) is 16.1 Å². The van der Waals surface area contributed by atoms with Crippen LogP contribution in [0.25, 0.3) is 0 Å². The summed E-state index contributed by atoms with van der Waals surface area (Å²) in [6.07, 6.45) is -4.84. The summed E-state index contributed by atoms with van der Waals surface area (Å²) in [6.45, 7) is 2.91. The van der Waals surface area contributed by atoms with E-state index in [1.54, 1.807) is 4.90 Å². The molecule has 0 saturated heterocycles. The van der Waals surface area contributed by atoms with Gasteiger partial charge in [-0.25, -0.2) is 9.37 Å². The highest BCUT2D eigenvalue weighted by Gasteiger charge is 2.38. The zero-order valence-corrected chi connectivity index (χ0v) is 23.4. The monoisotopic (exact) mass is 607 g/mol. The number of anilines is 2. The maximum atomic E-state index is 14.2. The number of fused-ring (bicyclic) bond motifs is 1. The molecule has 3 amide bonds. The molecule has 2 heterocycles. The number of pyridine rings is 1. The fourth-order valence-electron chi connectivity index (χ4n) is 4.33. The number of carbonyl (C=O) groups is 3. The van der Waals surface area contributed by atoms with Crippen molar-refractivity contribution in [3.8, 4) is 5.75 Å². The van der Waals surface area contributed by atoms with Gasteiger partial charge in [-0.05, 0) is 61.9 Å². The standard InChI is InChI=1S/C28H26ClF4N5O4/c1-27(2,36-24(39)19-5-4-6-23(29)34-19)26(41)35-20-15-38(14-16-7-10-18(11-8-16)42-28(31,32)33)21-12-9-17(30)13-22(21)37(3)25(20)40/h4-13,20H,14-15H2,1-3H3,(H,35,41)(H,36,39)/t20-/m1/s1. The largest absolute Gasteiger partial charge is 0.573 e. The Hall–Kier alpha value is -4.39. The number of benzene rings is 2. The Morgan fingerprint density at radius 1 is 1.07 bits per heavy atom. The molecule has 222 valence electrons. The van der Waals surface area contributed by atoms with Crippen LogP contribution in [0.15, 0.2) is 60.7 Å². The SMILES string of the molecule is CN1C(=O)[C@H](NC(=O)C(C)(C)NC(=O)c2cccc(Cl)n2)CN(Cc2ccc(OC(F)(F)F)cc2)c2ccc(F)cc21. The number of likely N-dealkylation sites (N-methyl/N-ethyl adjacent to an activating group) is 1. The summed E-state index contributed by atoms with van der Waals surface area (Å²) in [7, 11) is 1.43. The van der Waals surface area contributed by atoms with Gasteiger partial charge in [-0.2, -0.15) is 0 Å². The Balaban J connectivity index is 1.57. The fourth-order valence-corrected chi connectivity index (χ4v) is 4.50. The number of ether oxygens (including phenoxy) is 1. The van der Waals surface area contributed by atoms with E-state index in [1.165, 1.54) is 74.3 Å². The summed E-state index contributed by atoms with van der Waals surface area (Å²) in [5, 5.41) is 5.34. The van der Waals surface area contributed by atoms with E-state index in [9.17, 15) is 31.9 Å². The van der Waals surface area contributed by atoms with E-state index in [4.69, 9.17) is 11.6 Å². The molecule has 1 atom stereocenters. The highest BCUT2D eigenvalue weighted by molar-refractivity contribution is 6.29. The van der Waals surface area contributed by atoms with Gasteiger partial charge in [-0.15, -0.1) is 13.2 Å². The number of carbonyl (C=O) groups excluding carboxylic acids is 3. The van der Waals surface area contributed by atoms with Gasteiger partial charge in [0.15, 0.2) is 0 Å². The molecule has 3 aromatic rings. The average molecular weight is 608 g/mol. The second-order valence-corrected chi connectivity index (χ2v) is 10.4. The van der Waals surface area contributed by atoms with Gasteiger partial charge < -0.3 is 25.2 Å². The highest BCUT2D eigenvalue weighted by atomic mass is 35.5. The molecule has 0 saturated carbocycles. The first kappa shape index (κ1) is 30.6. The Labute approximate surface area is 243 Å². The molecule has 0 radical (unpaired) electrons. The molecular weight excluding hydrogens is 582 g/mol. The summed E-state index contributed by atoms with van der Waals surface area (Å²) in [4.78, 5) is 46.4. The van der Waals surface area contributed by atoms with Gasteiger partial charge in [0.1, 0.15) is 34.0 Å². The van der Waals surface area contributed by atoms with Gasteiger partial charge >= 0.3 is 6.36 Å². The fraction of sp³-hybridized carbons (Fsp3) is 0.286. The number of amides is 3. The molecule has 0 aliphatic carbocycles. The molecule has 1 aliphatic rings. The van der Waals surface area contributed by atoms with E-state index in [0.29, 0.717) is 11.3 Å². The van der Waals surface area contributed by atoms with Crippen molar-refractivity contribution in [2.24, 2.45) is 0 Å². The number of hydrogen-bond donors (Lipinski definition) is 2. The second kappa shape index (κ2) is 11.8. The molecule has 1 aromatic heterocycles. The van der Waals surface area contributed by atoms with Crippen LogP contribution in [0, 0.1) is 5.82 Å². The number of halogens is 5. The van der Waals surface area contributed by atoms with Crippen molar-refractivity contribution < 1.29 is 36.7 Å². The number of hydrogen-bond acceptors (Lipinski definition) is 6. The average Bonchev–Trinajstić information content (AvgIpc) is 2.99. The summed E-state index contributed by atoms with van der Waals surface area (Å²) >= 11 is 5.86. The van der Waals surface area contributed by atoms with E-state index in [0.717, 1.165) is 12.1 Å². The van der Waals surface area contributed by atoms with Crippen molar-refractivity contribution in [3.63, 3.8) is 0 Å². The van der Waals surface area contributed by atoms with Crippen LogP contribution >= 0.6 is 11.6 Å². The Morgan fingerprint density at radius 3 is 2.40 bits per heavy atom. The van der Waals surface area contributed by atoms with Crippen LogP contribution in [0.1, 0.15) is 29.9 Å². The van der Waals surface area contributed by atoms with Crippen molar-refractivity contribution >= 4 is 40.7 Å². The van der Waals surface area contributed by atoms with Gasteiger partial charge in [0.25, 0.3) is 11.8 Å². The van der Waals surface area contributed by atoms with Gasteiger partial charge in [-0.1, -0.05) is 29.8 Å². The first-order valence-corrected chi connectivity index (χ1v) is 12.9. The summed E-state index contributed by atoms with van der Waals surface area (Å²) < 4.78 is 55.9. The molecule has 4 rings (SSSR count). The molecule has 9 nitrogen and oxygen atoms in total. The van der Waals surface area contributed by atoms with E-state index in [2.05, 4.69) is 20.4 Å². The number of nitrogens with zero attached hydrogens (tertiary/aromatic N) is 3. The van der Waals surface area contributed by atoms with Crippen LogP contribution < -0.4 is 25.2 Å². The first-order chi connectivity index (χ1) is 19.6. The number of aromatic nitrogens is 1. The molecule has 0 unspecified atom stereocenters. The summed E-state index contributed by atoms with van der Waals surface area (Å²) in [6, 6.07) is 12.3. The molecule has 1 aliphatic heterocycles. The molecular formula is C28H26ClF4N5O4. The molecule has 2 N–H and O–H groups in total. The van der Waals surface area contributed by atoms with E-state index >= 15 is 0 Å². The van der Waals surface area contributed by atoms with Crippen molar-refractivity contribution in [1.82, 2.24) is 15.6 Å². The second-order valence-electron chi connectivity index (χ2n) is 10.1. The molecule has 0 bridgehead atoms. The number of rotatable bonds is 7. The van der Waals surface area contributed by atoms with E-state index in [-0.39, 0.29) is 29.6 Å². The van der Waals surface area contributed by atoms with Gasteiger partial charge in [0, 0.05) is 20.1 Å². The highest BCUT2D eigenvalue weighted by Crippen LogP contribution is 2.34. The lowest BCUT2D eigenvalue weighted by molar-refractivity contribution is -0.274. The molecule has 0 fully saturated rings.